The lowest BCUT2D eigenvalue weighted by atomic mass is 10.1. The number of nitrogens with two attached hydrogens (primary N) is 2. The summed E-state index contributed by atoms with van der Waals surface area (Å²) >= 11 is 0. The summed E-state index contributed by atoms with van der Waals surface area (Å²) in [4.78, 5) is 11.9. The molecular weight excluding hydrogens is 302 g/mol. The van der Waals surface area contributed by atoms with Crippen molar-refractivity contribution in [2.45, 2.75) is 25.2 Å². The van der Waals surface area contributed by atoms with E-state index >= 15 is 0 Å². The third-order valence-corrected chi connectivity index (χ3v) is 3.89. The Balaban J connectivity index is 0.00000361. The molecule has 0 heterocycles. The van der Waals surface area contributed by atoms with Gasteiger partial charge in [0.2, 0.25) is 10.0 Å². The molecule has 1 rings (SSSR count). The number of hydrogen-bond acceptors (Lipinski definition) is 4. The molecule has 0 saturated heterocycles. The number of amides is 1. The van der Waals surface area contributed by atoms with Gasteiger partial charge in [0.15, 0.2) is 0 Å². The van der Waals surface area contributed by atoms with Gasteiger partial charge in [-0.25, -0.2) is 13.6 Å². The van der Waals surface area contributed by atoms with Crippen molar-refractivity contribution in [2.75, 3.05) is 13.1 Å². The van der Waals surface area contributed by atoms with Crippen molar-refractivity contribution in [3.8, 4) is 0 Å². The van der Waals surface area contributed by atoms with Crippen LogP contribution < -0.4 is 16.2 Å². The Kier molecular flexibility index (Phi) is 7.15. The summed E-state index contributed by atoms with van der Waals surface area (Å²) in [5.74, 6) is -0.332. The quantitative estimate of drug-likeness (QED) is 0.683. The highest BCUT2D eigenvalue weighted by atomic mass is 35.5. The van der Waals surface area contributed by atoms with Gasteiger partial charge < -0.3 is 11.1 Å². The number of carbonyl (C=O) groups excluding carboxylic acids is 1. The molecule has 0 aromatic heterocycles. The molecule has 0 aliphatic heterocycles. The molecular formula is C12H20ClN3O3S. The standard InChI is InChI=1S/C12H19N3O3S.ClH/c1-8-6-10(12(16)15-5-3-4-13)7-11(9(8)2)19(14,17)18;/h6-7H,3-5,13H2,1-2H3,(H,15,16)(H2,14,17,18);1H. The Morgan fingerprint density at radius 3 is 2.40 bits per heavy atom. The lowest BCUT2D eigenvalue weighted by Gasteiger charge is -2.11. The maximum atomic E-state index is 11.9. The smallest absolute Gasteiger partial charge is 0.251 e. The van der Waals surface area contributed by atoms with E-state index in [1.165, 1.54) is 6.07 Å². The SMILES string of the molecule is Cc1cc(C(=O)NCCCN)cc(S(N)(=O)=O)c1C.Cl. The molecule has 0 radical (unpaired) electrons. The normalized spacial score (nSPS) is 10.8. The second-order valence-corrected chi connectivity index (χ2v) is 5.89. The predicted molar refractivity (Wildman–Crippen MR) is 80.5 cm³/mol. The van der Waals surface area contributed by atoms with Crippen LogP contribution in [0.15, 0.2) is 17.0 Å². The van der Waals surface area contributed by atoms with Gasteiger partial charge in [-0.05, 0) is 50.1 Å². The van der Waals surface area contributed by atoms with Crippen LogP contribution in [0.25, 0.3) is 0 Å². The van der Waals surface area contributed by atoms with Crippen LogP contribution in [0, 0.1) is 13.8 Å². The number of nitrogens with one attached hydrogen (secondary N) is 1. The average molecular weight is 322 g/mol. The molecule has 114 valence electrons. The maximum absolute atomic E-state index is 11.9. The third-order valence-electron chi connectivity index (χ3n) is 2.85. The largest absolute Gasteiger partial charge is 0.352 e. The van der Waals surface area contributed by atoms with Gasteiger partial charge >= 0.3 is 0 Å². The molecule has 1 amide bonds. The summed E-state index contributed by atoms with van der Waals surface area (Å²) < 4.78 is 22.9. The maximum Gasteiger partial charge on any atom is 0.251 e. The minimum Gasteiger partial charge on any atom is -0.352 e. The molecule has 0 aliphatic rings. The van der Waals surface area contributed by atoms with Gasteiger partial charge in [-0.1, -0.05) is 0 Å². The first-order valence-corrected chi connectivity index (χ1v) is 7.44. The fourth-order valence-electron chi connectivity index (χ4n) is 1.66. The van der Waals surface area contributed by atoms with Crippen LogP contribution in [-0.4, -0.2) is 27.4 Å². The lowest BCUT2D eigenvalue weighted by molar-refractivity contribution is 0.0953. The van der Waals surface area contributed by atoms with E-state index in [9.17, 15) is 13.2 Å². The summed E-state index contributed by atoms with van der Waals surface area (Å²) in [6.45, 7) is 4.33. The zero-order chi connectivity index (χ0) is 14.6. The van der Waals surface area contributed by atoms with Crippen LogP contribution in [0.2, 0.25) is 0 Å². The van der Waals surface area contributed by atoms with E-state index < -0.39 is 10.0 Å². The van der Waals surface area contributed by atoms with E-state index in [0.717, 1.165) is 0 Å². The summed E-state index contributed by atoms with van der Waals surface area (Å²) in [6, 6.07) is 2.94. The van der Waals surface area contributed by atoms with Crippen molar-refractivity contribution >= 4 is 28.3 Å². The van der Waals surface area contributed by atoms with E-state index in [2.05, 4.69) is 5.32 Å². The first kappa shape index (κ1) is 18.9. The number of halogens is 1. The van der Waals surface area contributed by atoms with E-state index in [4.69, 9.17) is 10.9 Å². The molecule has 1 aromatic carbocycles. The number of carbonyl (C=O) groups is 1. The Morgan fingerprint density at radius 2 is 1.90 bits per heavy atom. The van der Waals surface area contributed by atoms with Gasteiger partial charge in [0.1, 0.15) is 0 Å². The molecule has 0 unspecified atom stereocenters. The lowest BCUT2D eigenvalue weighted by Crippen LogP contribution is -2.26. The predicted octanol–water partition coefficient (Wildman–Crippen LogP) is 0.451. The van der Waals surface area contributed by atoms with Crippen LogP contribution in [-0.2, 0) is 10.0 Å². The second kappa shape index (κ2) is 7.58. The average Bonchev–Trinajstić information content (AvgIpc) is 2.31. The topological polar surface area (TPSA) is 115 Å². The minimum absolute atomic E-state index is 0. The van der Waals surface area contributed by atoms with Gasteiger partial charge in [-0.3, -0.25) is 4.79 Å². The van der Waals surface area contributed by atoms with Crippen LogP contribution in [0.4, 0.5) is 0 Å². The summed E-state index contributed by atoms with van der Waals surface area (Å²) in [5, 5.41) is 7.81. The number of sulfonamides is 1. The third kappa shape index (κ3) is 4.75. The number of primary sulfonamides is 1. The van der Waals surface area contributed by atoms with Gasteiger partial charge in [-0.2, -0.15) is 0 Å². The van der Waals surface area contributed by atoms with E-state index in [-0.39, 0.29) is 28.8 Å². The Morgan fingerprint density at radius 1 is 1.30 bits per heavy atom. The Hall–Kier alpha value is -1.15. The van der Waals surface area contributed by atoms with Crippen molar-refractivity contribution in [3.05, 3.63) is 28.8 Å². The number of hydrogen-bond donors (Lipinski definition) is 3. The first-order valence-electron chi connectivity index (χ1n) is 5.89. The molecule has 0 fully saturated rings. The highest BCUT2D eigenvalue weighted by molar-refractivity contribution is 7.89. The molecule has 1 aromatic rings. The van der Waals surface area contributed by atoms with Gasteiger partial charge in [0, 0.05) is 12.1 Å². The number of benzene rings is 1. The zero-order valence-electron chi connectivity index (χ0n) is 11.5. The Bertz CT molecular complexity index is 588. The second-order valence-electron chi connectivity index (χ2n) is 4.36. The van der Waals surface area contributed by atoms with Gasteiger partial charge in [0.05, 0.1) is 4.90 Å². The van der Waals surface area contributed by atoms with E-state index in [0.29, 0.717) is 30.6 Å². The summed E-state index contributed by atoms with van der Waals surface area (Å²) in [6.07, 6.45) is 0.665. The highest BCUT2D eigenvalue weighted by Gasteiger charge is 2.17. The van der Waals surface area contributed by atoms with Crippen LogP contribution >= 0.6 is 12.4 Å². The van der Waals surface area contributed by atoms with Crippen molar-refractivity contribution in [3.63, 3.8) is 0 Å². The van der Waals surface area contributed by atoms with Crippen LogP contribution in [0.5, 0.6) is 0 Å². The first-order chi connectivity index (χ1) is 8.77. The van der Waals surface area contributed by atoms with Gasteiger partial charge in [0.25, 0.3) is 5.91 Å². The van der Waals surface area contributed by atoms with Crippen LogP contribution in [0.3, 0.4) is 0 Å². The summed E-state index contributed by atoms with van der Waals surface area (Å²) in [5.41, 5.74) is 6.87. The van der Waals surface area contributed by atoms with Gasteiger partial charge in [-0.15, -0.1) is 12.4 Å². The molecule has 8 heteroatoms. The van der Waals surface area contributed by atoms with Crippen molar-refractivity contribution in [1.82, 2.24) is 5.32 Å². The van der Waals surface area contributed by atoms with E-state index in [1.54, 1.807) is 19.9 Å². The minimum atomic E-state index is -3.84. The highest BCUT2D eigenvalue weighted by Crippen LogP contribution is 2.20. The molecule has 0 atom stereocenters. The van der Waals surface area contributed by atoms with Crippen molar-refractivity contribution in [2.24, 2.45) is 10.9 Å². The number of rotatable bonds is 5. The summed E-state index contributed by atoms with van der Waals surface area (Å²) in [7, 11) is -3.84. The van der Waals surface area contributed by atoms with E-state index in [1.807, 2.05) is 0 Å². The fraction of sp³-hybridized carbons (Fsp3) is 0.417. The Labute approximate surface area is 125 Å². The molecule has 6 nitrogen and oxygen atoms in total. The monoisotopic (exact) mass is 321 g/mol. The zero-order valence-corrected chi connectivity index (χ0v) is 13.1. The van der Waals surface area contributed by atoms with Crippen LogP contribution in [0.1, 0.15) is 27.9 Å². The van der Waals surface area contributed by atoms with Crippen molar-refractivity contribution in [1.29, 1.82) is 0 Å². The molecule has 0 bridgehead atoms. The molecule has 0 saturated carbocycles. The number of aryl methyl sites for hydroxylation is 1. The molecule has 0 spiro atoms. The molecule has 0 aliphatic carbocycles. The molecule has 5 N–H and O–H groups in total. The fourth-order valence-corrected chi connectivity index (χ4v) is 2.54. The molecule has 20 heavy (non-hydrogen) atoms. The van der Waals surface area contributed by atoms with Crippen molar-refractivity contribution < 1.29 is 13.2 Å².